The van der Waals surface area contributed by atoms with E-state index in [0.29, 0.717) is 0 Å². The Hall–Kier alpha value is -0.660. The third-order valence-corrected chi connectivity index (χ3v) is 5.45. The maximum atomic E-state index is 2.50. The predicted molar refractivity (Wildman–Crippen MR) is 113 cm³/mol. The second-order valence-corrected chi connectivity index (χ2v) is 8.01. The fraction of sp³-hybridized carbons (Fsp3) is 0.913. The molecule has 0 N–H and O–H groups in total. The largest absolute Gasteiger partial charge is 0.359 e. The molecule has 1 aliphatic heterocycles. The summed E-state index contributed by atoms with van der Waals surface area (Å²) in [6.07, 6.45) is 27.3. The lowest BCUT2D eigenvalue weighted by Gasteiger charge is -2.21. The van der Waals surface area contributed by atoms with E-state index in [9.17, 15) is 0 Å². The lowest BCUT2D eigenvalue weighted by molar-refractivity contribution is 0.257. The summed E-state index contributed by atoms with van der Waals surface area (Å²) in [5.74, 6) is 0. The normalized spacial score (nSPS) is 14.0. The highest BCUT2D eigenvalue weighted by atomic mass is 15.3. The Morgan fingerprint density at radius 2 is 0.800 bits per heavy atom. The van der Waals surface area contributed by atoms with Gasteiger partial charge >= 0.3 is 0 Å². The maximum absolute atomic E-state index is 2.50. The molecule has 0 saturated heterocycles. The van der Waals surface area contributed by atoms with E-state index in [1.165, 1.54) is 116 Å². The van der Waals surface area contributed by atoms with E-state index in [1.807, 2.05) is 0 Å². The van der Waals surface area contributed by atoms with E-state index in [2.05, 4.69) is 36.0 Å². The van der Waals surface area contributed by atoms with Gasteiger partial charge in [-0.3, -0.25) is 0 Å². The average molecular weight is 351 g/mol. The Balaban J connectivity index is 1.83. The van der Waals surface area contributed by atoms with Crippen LogP contribution in [0.15, 0.2) is 12.4 Å². The van der Waals surface area contributed by atoms with Crippen molar-refractivity contribution in [2.45, 2.75) is 117 Å². The van der Waals surface area contributed by atoms with E-state index in [4.69, 9.17) is 0 Å². The van der Waals surface area contributed by atoms with Gasteiger partial charge in [-0.15, -0.1) is 0 Å². The second-order valence-electron chi connectivity index (χ2n) is 8.01. The molecule has 0 saturated carbocycles. The molecule has 0 atom stereocenters. The van der Waals surface area contributed by atoms with Gasteiger partial charge in [0, 0.05) is 25.5 Å². The molecule has 0 bridgehead atoms. The minimum atomic E-state index is 1.13. The Labute approximate surface area is 159 Å². The van der Waals surface area contributed by atoms with E-state index in [1.54, 1.807) is 0 Å². The van der Waals surface area contributed by atoms with Gasteiger partial charge in [0.2, 0.25) is 0 Å². The second kappa shape index (κ2) is 16.8. The molecular formula is C23H46N2. The Morgan fingerprint density at radius 1 is 0.480 bits per heavy atom. The Morgan fingerprint density at radius 3 is 1.16 bits per heavy atom. The van der Waals surface area contributed by atoms with Crippen LogP contribution in [-0.2, 0) is 0 Å². The minimum absolute atomic E-state index is 1.13. The monoisotopic (exact) mass is 350 g/mol. The van der Waals surface area contributed by atoms with Crippen molar-refractivity contribution in [2.24, 2.45) is 0 Å². The first-order valence-corrected chi connectivity index (χ1v) is 11.5. The van der Waals surface area contributed by atoms with Crippen LogP contribution in [0.5, 0.6) is 0 Å². The zero-order valence-electron chi connectivity index (χ0n) is 17.5. The van der Waals surface area contributed by atoms with Gasteiger partial charge in [-0.2, -0.15) is 0 Å². The first kappa shape index (κ1) is 22.4. The van der Waals surface area contributed by atoms with Crippen LogP contribution in [0, 0.1) is 0 Å². The minimum Gasteiger partial charge on any atom is -0.359 e. The maximum Gasteiger partial charge on any atom is 0.0893 e. The van der Waals surface area contributed by atoms with Crippen molar-refractivity contribution in [3.05, 3.63) is 12.4 Å². The highest BCUT2D eigenvalue weighted by Crippen LogP contribution is 2.13. The zero-order valence-corrected chi connectivity index (χ0v) is 17.5. The number of hydrogen-bond acceptors (Lipinski definition) is 2. The van der Waals surface area contributed by atoms with Crippen LogP contribution in [0.3, 0.4) is 0 Å². The Bertz CT molecular complexity index is 300. The molecule has 0 fully saturated rings. The molecule has 0 radical (unpaired) electrons. The van der Waals surface area contributed by atoms with E-state index < -0.39 is 0 Å². The average Bonchev–Trinajstić information content (AvgIpc) is 3.07. The molecule has 0 amide bonds. The van der Waals surface area contributed by atoms with Gasteiger partial charge in [0.1, 0.15) is 0 Å². The van der Waals surface area contributed by atoms with Crippen molar-refractivity contribution in [1.29, 1.82) is 0 Å². The molecule has 0 unspecified atom stereocenters. The summed E-state index contributed by atoms with van der Waals surface area (Å²) in [6, 6.07) is 0. The summed E-state index contributed by atoms with van der Waals surface area (Å²) in [5.41, 5.74) is 0. The summed E-state index contributed by atoms with van der Waals surface area (Å²) in [6.45, 7) is 8.21. The number of hydrogen-bond donors (Lipinski definition) is 0. The molecule has 2 heteroatoms. The molecule has 0 aromatic rings. The first-order valence-electron chi connectivity index (χ1n) is 11.5. The molecular weight excluding hydrogens is 304 g/mol. The number of rotatable bonds is 18. The highest BCUT2D eigenvalue weighted by Gasteiger charge is 2.10. The van der Waals surface area contributed by atoms with Gasteiger partial charge in [0.25, 0.3) is 0 Å². The standard InChI is InChI=1S/C23H46N2/c1-3-5-7-9-11-12-13-14-16-18-20-25-22-21-24(23-25)19-17-15-10-8-6-4-2/h21-22H,3-20,23H2,1-2H3. The van der Waals surface area contributed by atoms with Crippen molar-refractivity contribution in [3.63, 3.8) is 0 Å². The fourth-order valence-corrected chi connectivity index (χ4v) is 3.70. The van der Waals surface area contributed by atoms with Crippen molar-refractivity contribution < 1.29 is 0 Å². The van der Waals surface area contributed by atoms with Crippen LogP contribution in [0.2, 0.25) is 0 Å². The molecule has 2 nitrogen and oxygen atoms in total. The fourth-order valence-electron chi connectivity index (χ4n) is 3.70. The van der Waals surface area contributed by atoms with Crippen LogP contribution in [0.25, 0.3) is 0 Å². The van der Waals surface area contributed by atoms with Crippen molar-refractivity contribution in [3.8, 4) is 0 Å². The third kappa shape index (κ3) is 13.2. The van der Waals surface area contributed by atoms with Crippen molar-refractivity contribution in [2.75, 3.05) is 19.8 Å². The molecule has 1 aliphatic rings. The van der Waals surface area contributed by atoms with Crippen LogP contribution >= 0.6 is 0 Å². The van der Waals surface area contributed by atoms with Gasteiger partial charge in [0.15, 0.2) is 0 Å². The first-order chi connectivity index (χ1) is 12.4. The highest BCUT2D eigenvalue weighted by molar-refractivity contribution is 4.90. The van der Waals surface area contributed by atoms with Gasteiger partial charge in [-0.25, -0.2) is 0 Å². The Kier molecular flexibility index (Phi) is 15.0. The lowest BCUT2D eigenvalue weighted by atomic mass is 10.1. The summed E-state index contributed by atoms with van der Waals surface area (Å²) < 4.78 is 0. The van der Waals surface area contributed by atoms with Crippen LogP contribution < -0.4 is 0 Å². The summed E-state index contributed by atoms with van der Waals surface area (Å²) >= 11 is 0. The third-order valence-electron chi connectivity index (χ3n) is 5.45. The van der Waals surface area contributed by atoms with Crippen molar-refractivity contribution >= 4 is 0 Å². The van der Waals surface area contributed by atoms with Gasteiger partial charge in [-0.05, 0) is 12.8 Å². The molecule has 0 spiro atoms. The molecule has 148 valence electrons. The predicted octanol–water partition coefficient (Wildman–Crippen LogP) is 7.31. The van der Waals surface area contributed by atoms with Gasteiger partial charge in [0.05, 0.1) is 6.67 Å². The van der Waals surface area contributed by atoms with Crippen LogP contribution in [-0.4, -0.2) is 29.6 Å². The topological polar surface area (TPSA) is 6.48 Å². The molecule has 25 heavy (non-hydrogen) atoms. The van der Waals surface area contributed by atoms with E-state index in [0.717, 1.165) is 6.67 Å². The molecule has 1 heterocycles. The van der Waals surface area contributed by atoms with Crippen LogP contribution in [0.4, 0.5) is 0 Å². The molecule has 0 aromatic carbocycles. The molecule has 0 aliphatic carbocycles. The van der Waals surface area contributed by atoms with E-state index in [-0.39, 0.29) is 0 Å². The quantitative estimate of drug-likeness (QED) is 0.239. The summed E-state index contributed by atoms with van der Waals surface area (Å²) in [7, 11) is 0. The number of nitrogens with zero attached hydrogens (tertiary/aromatic N) is 2. The SMILES string of the molecule is CCCCCCCCCCCCN1C=CN(CCCCCCCC)C1. The summed E-state index contributed by atoms with van der Waals surface area (Å²) in [4.78, 5) is 5.00. The smallest absolute Gasteiger partial charge is 0.0893 e. The molecule has 0 aromatic heterocycles. The number of unbranched alkanes of at least 4 members (excludes halogenated alkanes) is 14. The van der Waals surface area contributed by atoms with Gasteiger partial charge in [-0.1, -0.05) is 104 Å². The lowest BCUT2D eigenvalue weighted by Crippen LogP contribution is -2.26. The van der Waals surface area contributed by atoms with Crippen molar-refractivity contribution in [1.82, 2.24) is 9.80 Å². The van der Waals surface area contributed by atoms with Crippen LogP contribution in [0.1, 0.15) is 117 Å². The molecule has 1 rings (SSSR count). The zero-order chi connectivity index (χ0) is 18.0. The van der Waals surface area contributed by atoms with Gasteiger partial charge < -0.3 is 9.80 Å². The van der Waals surface area contributed by atoms with E-state index >= 15 is 0 Å². The summed E-state index contributed by atoms with van der Waals surface area (Å²) in [5, 5.41) is 0.